The molecule has 2 amide bonds. The van der Waals surface area contributed by atoms with Crippen molar-refractivity contribution in [1.82, 2.24) is 15.1 Å². The lowest BCUT2D eigenvalue weighted by Gasteiger charge is -2.46. The summed E-state index contributed by atoms with van der Waals surface area (Å²) in [4.78, 5) is 26.8. The second-order valence-electron chi connectivity index (χ2n) is 6.41. The van der Waals surface area contributed by atoms with Crippen molar-refractivity contribution in [2.45, 2.75) is 56.4 Å². The van der Waals surface area contributed by atoms with Gasteiger partial charge in [-0.1, -0.05) is 6.92 Å². The lowest BCUT2D eigenvalue weighted by atomic mass is 10.0. The molecule has 3 fully saturated rings. The Bertz CT molecular complexity index is 456. The summed E-state index contributed by atoms with van der Waals surface area (Å²) >= 11 is 0. The Morgan fingerprint density at radius 2 is 2.10 bits per heavy atom. The number of halogens is 2. The summed E-state index contributed by atoms with van der Waals surface area (Å²) in [6, 6.07) is -0.679. The van der Waals surface area contributed by atoms with E-state index < -0.39 is 23.9 Å². The van der Waals surface area contributed by atoms with Crippen LogP contribution >= 0.6 is 0 Å². The van der Waals surface area contributed by atoms with E-state index in [0.29, 0.717) is 13.0 Å². The van der Waals surface area contributed by atoms with Gasteiger partial charge in [-0.25, -0.2) is 9.18 Å². The van der Waals surface area contributed by atoms with Crippen molar-refractivity contribution >= 4 is 12.1 Å². The number of nitrogens with one attached hydrogen (secondary N) is 1. The van der Waals surface area contributed by atoms with E-state index >= 15 is 0 Å². The second-order valence-corrected chi connectivity index (χ2v) is 6.41. The van der Waals surface area contributed by atoms with Crippen LogP contribution in [0.5, 0.6) is 0 Å². The maximum atomic E-state index is 13.3. The number of amides is 2. The monoisotopic (exact) mass is 301 g/mol. The maximum absolute atomic E-state index is 13.3. The highest BCUT2D eigenvalue weighted by molar-refractivity contribution is 5.83. The fourth-order valence-corrected chi connectivity index (χ4v) is 3.55. The first-order chi connectivity index (χ1) is 9.97. The maximum Gasteiger partial charge on any atom is 0.400 e. The van der Waals surface area contributed by atoms with Crippen molar-refractivity contribution in [3.8, 4) is 0 Å². The fraction of sp³-hybridized carbons (Fsp3) is 0.857. The van der Waals surface area contributed by atoms with E-state index in [2.05, 4.69) is 5.32 Å². The van der Waals surface area contributed by atoms with Crippen molar-refractivity contribution in [3.63, 3.8) is 0 Å². The van der Waals surface area contributed by atoms with Crippen LogP contribution in [0, 0.1) is 0 Å². The lowest BCUT2D eigenvalue weighted by Crippen LogP contribution is -2.63. The standard InChI is InChI=1S/C14H21F2N3O2/c1-2-10-7-19(13(16)21)14(3-4-14)8-18(10)12(20)11-5-9(15)6-17-11/h9-11,17H,2-8H2,1H3/t9-,10-,11+/m1/s1. The summed E-state index contributed by atoms with van der Waals surface area (Å²) in [5.41, 5.74) is -0.513. The first-order valence-corrected chi connectivity index (χ1v) is 7.62. The average molecular weight is 301 g/mol. The summed E-state index contributed by atoms with van der Waals surface area (Å²) < 4.78 is 26.5. The third-order valence-corrected chi connectivity index (χ3v) is 5.04. The van der Waals surface area contributed by atoms with Gasteiger partial charge >= 0.3 is 6.16 Å². The zero-order valence-electron chi connectivity index (χ0n) is 12.1. The van der Waals surface area contributed by atoms with Gasteiger partial charge < -0.3 is 15.1 Å². The highest BCUT2D eigenvalue weighted by Gasteiger charge is 2.56. The quantitative estimate of drug-likeness (QED) is 0.616. The number of alkyl halides is 1. The van der Waals surface area contributed by atoms with E-state index in [1.54, 1.807) is 4.90 Å². The molecule has 1 spiro atoms. The molecule has 2 heterocycles. The molecule has 1 N–H and O–H groups in total. The lowest BCUT2D eigenvalue weighted by molar-refractivity contribution is -0.140. The number of nitrogens with zero attached hydrogens (tertiary/aromatic N) is 2. The van der Waals surface area contributed by atoms with Crippen LogP contribution in [0.1, 0.15) is 32.6 Å². The van der Waals surface area contributed by atoms with Crippen LogP contribution in [-0.2, 0) is 4.79 Å². The number of rotatable bonds is 2. The van der Waals surface area contributed by atoms with E-state index in [-0.39, 0.29) is 31.5 Å². The number of hydrogen-bond acceptors (Lipinski definition) is 3. The molecule has 1 aliphatic carbocycles. The largest absolute Gasteiger partial charge is 0.400 e. The number of piperazine rings is 1. The molecule has 5 nitrogen and oxygen atoms in total. The van der Waals surface area contributed by atoms with E-state index in [1.807, 2.05) is 6.92 Å². The van der Waals surface area contributed by atoms with Gasteiger partial charge in [0.25, 0.3) is 0 Å². The van der Waals surface area contributed by atoms with Gasteiger partial charge in [-0.3, -0.25) is 4.79 Å². The Labute approximate surface area is 122 Å². The number of carbonyl (C=O) groups excluding carboxylic acids is 2. The average Bonchev–Trinajstić information content (AvgIpc) is 3.07. The van der Waals surface area contributed by atoms with Crippen LogP contribution in [0.25, 0.3) is 0 Å². The van der Waals surface area contributed by atoms with E-state index in [4.69, 9.17) is 0 Å². The third-order valence-electron chi connectivity index (χ3n) is 5.04. The van der Waals surface area contributed by atoms with Crippen LogP contribution in [0.2, 0.25) is 0 Å². The molecule has 0 aromatic carbocycles. The van der Waals surface area contributed by atoms with Gasteiger partial charge in [0, 0.05) is 32.1 Å². The van der Waals surface area contributed by atoms with Gasteiger partial charge in [0.05, 0.1) is 11.6 Å². The molecule has 7 heteroatoms. The van der Waals surface area contributed by atoms with Crippen molar-refractivity contribution in [2.24, 2.45) is 0 Å². The molecule has 0 radical (unpaired) electrons. The highest BCUT2D eigenvalue weighted by atomic mass is 19.1. The van der Waals surface area contributed by atoms with Gasteiger partial charge in [-0.2, -0.15) is 0 Å². The molecule has 0 bridgehead atoms. The van der Waals surface area contributed by atoms with Crippen LogP contribution in [-0.4, -0.2) is 65.3 Å². The smallest absolute Gasteiger partial charge is 0.334 e. The zero-order valence-corrected chi connectivity index (χ0v) is 12.1. The summed E-state index contributed by atoms with van der Waals surface area (Å²) in [6.45, 7) is 2.73. The minimum absolute atomic E-state index is 0.112. The third kappa shape index (κ3) is 2.52. The van der Waals surface area contributed by atoms with E-state index in [9.17, 15) is 18.4 Å². The van der Waals surface area contributed by atoms with Crippen LogP contribution in [0.15, 0.2) is 0 Å². The van der Waals surface area contributed by atoms with Crippen molar-refractivity contribution < 1.29 is 18.4 Å². The first-order valence-electron chi connectivity index (χ1n) is 7.62. The Hall–Kier alpha value is -1.24. The summed E-state index contributed by atoms with van der Waals surface area (Å²) in [5.74, 6) is -0.112. The van der Waals surface area contributed by atoms with E-state index in [0.717, 1.165) is 12.8 Å². The van der Waals surface area contributed by atoms with Gasteiger partial charge in [0.2, 0.25) is 5.91 Å². The zero-order chi connectivity index (χ0) is 15.2. The van der Waals surface area contributed by atoms with Gasteiger partial charge in [0.1, 0.15) is 6.17 Å². The molecule has 0 unspecified atom stereocenters. The van der Waals surface area contributed by atoms with Crippen molar-refractivity contribution in [3.05, 3.63) is 0 Å². The molecular formula is C14H21F2N3O2. The first kappa shape index (κ1) is 14.7. The second kappa shape index (κ2) is 5.19. The Balaban J connectivity index is 1.75. The molecule has 2 saturated heterocycles. The Kier molecular flexibility index (Phi) is 3.63. The Morgan fingerprint density at radius 1 is 1.38 bits per heavy atom. The summed E-state index contributed by atoms with van der Waals surface area (Å²) in [5, 5.41) is 2.91. The molecule has 3 rings (SSSR count). The molecule has 1 saturated carbocycles. The van der Waals surface area contributed by atoms with Crippen LogP contribution < -0.4 is 5.32 Å². The molecule has 0 aromatic rings. The molecule has 2 aliphatic heterocycles. The van der Waals surface area contributed by atoms with Crippen LogP contribution in [0.4, 0.5) is 13.6 Å². The fourth-order valence-electron chi connectivity index (χ4n) is 3.55. The Morgan fingerprint density at radius 3 is 2.57 bits per heavy atom. The SMILES string of the molecule is CC[C@@H]1CN(C(=O)F)C2(CC2)CN1C(=O)[C@@H]1C[C@@H](F)CN1. The molecular weight excluding hydrogens is 280 g/mol. The van der Waals surface area contributed by atoms with Crippen molar-refractivity contribution in [2.75, 3.05) is 19.6 Å². The van der Waals surface area contributed by atoms with E-state index in [1.165, 1.54) is 4.90 Å². The minimum atomic E-state index is -1.40. The molecule has 21 heavy (non-hydrogen) atoms. The van der Waals surface area contributed by atoms with Gasteiger partial charge in [-0.15, -0.1) is 4.39 Å². The normalized spacial score (nSPS) is 34.3. The number of carbonyl (C=O) groups is 2. The topological polar surface area (TPSA) is 52.7 Å². The van der Waals surface area contributed by atoms with Gasteiger partial charge in [0.15, 0.2) is 0 Å². The predicted molar refractivity (Wildman–Crippen MR) is 72.3 cm³/mol. The summed E-state index contributed by atoms with van der Waals surface area (Å²) in [6.07, 6.45) is -0.0788. The van der Waals surface area contributed by atoms with Gasteiger partial charge in [-0.05, 0) is 19.3 Å². The van der Waals surface area contributed by atoms with Crippen LogP contribution in [0.3, 0.4) is 0 Å². The minimum Gasteiger partial charge on any atom is -0.334 e. The molecule has 0 aromatic heterocycles. The molecule has 118 valence electrons. The predicted octanol–water partition coefficient (Wildman–Crippen LogP) is 1.23. The number of hydrogen-bond donors (Lipinski definition) is 1. The molecule has 3 atom stereocenters. The van der Waals surface area contributed by atoms with Crippen molar-refractivity contribution in [1.29, 1.82) is 0 Å². The molecule has 3 aliphatic rings. The summed E-state index contributed by atoms with van der Waals surface area (Å²) in [7, 11) is 0. The highest BCUT2D eigenvalue weighted by Crippen LogP contribution is 2.46.